The van der Waals surface area contributed by atoms with Crippen LogP contribution in [0, 0.1) is 10.1 Å². The SMILES string of the molecule is COc1ccc([C@@H]2c3ccsc3CCN2CC(=O)N2CCN(C(=O)c3ccc([N+](=O)[O-])cc3)[C@H](C)C2)cc1. The third kappa shape index (κ3) is 5.14. The Morgan fingerprint density at radius 3 is 2.45 bits per heavy atom. The largest absolute Gasteiger partial charge is 0.497 e. The Balaban J connectivity index is 1.26. The second-order valence-corrected chi connectivity index (χ2v) is 10.7. The van der Waals surface area contributed by atoms with Crippen LogP contribution in [0.5, 0.6) is 5.75 Å². The number of benzene rings is 2. The summed E-state index contributed by atoms with van der Waals surface area (Å²) >= 11 is 1.77. The van der Waals surface area contributed by atoms with Crippen molar-refractivity contribution in [1.29, 1.82) is 0 Å². The number of hydrogen-bond acceptors (Lipinski definition) is 7. The van der Waals surface area contributed by atoms with Gasteiger partial charge in [-0.3, -0.25) is 24.6 Å². The molecule has 0 aliphatic carbocycles. The summed E-state index contributed by atoms with van der Waals surface area (Å²) in [5, 5.41) is 13.0. The van der Waals surface area contributed by atoms with Gasteiger partial charge in [-0.2, -0.15) is 0 Å². The van der Waals surface area contributed by atoms with Crippen LogP contribution in [-0.2, 0) is 11.2 Å². The minimum Gasteiger partial charge on any atom is -0.497 e. The fourth-order valence-corrected chi connectivity index (χ4v) is 6.27. The van der Waals surface area contributed by atoms with Crippen molar-refractivity contribution >= 4 is 28.8 Å². The number of carbonyl (C=O) groups excluding carboxylic acids is 2. The molecule has 198 valence electrons. The van der Waals surface area contributed by atoms with E-state index < -0.39 is 4.92 Å². The van der Waals surface area contributed by atoms with E-state index >= 15 is 0 Å². The number of rotatable bonds is 6. The summed E-state index contributed by atoms with van der Waals surface area (Å²) in [4.78, 5) is 44.2. The van der Waals surface area contributed by atoms with E-state index in [1.54, 1.807) is 23.3 Å². The molecule has 0 saturated carbocycles. The van der Waals surface area contributed by atoms with Gasteiger partial charge >= 0.3 is 0 Å². The Morgan fingerprint density at radius 2 is 1.79 bits per heavy atom. The number of amides is 2. The van der Waals surface area contributed by atoms with E-state index in [0.717, 1.165) is 24.3 Å². The van der Waals surface area contributed by atoms with Gasteiger partial charge in [0.1, 0.15) is 5.75 Å². The van der Waals surface area contributed by atoms with Crippen LogP contribution >= 0.6 is 11.3 Å². The van der Waals surface area contributed by atoms with Gasteiger partial charge in [-0.05, 0) is 60.2 Å². The van der Waals surface area contributed by atoms with Gasteiger partial charge in [0.2, 0.25) is 5.91 Å². The van der Waals surface area contributed by atoms with Gasteiger partial charge in [-0.15, -0.1) is 11.3 Å². The number of thiophene rings is 1. The Morgan fingerprint density at radius 1 is 1.05 bits per heavy atom. The fourth-order valence-electron chi connectivity index (χ4n) is 5.37. The second-order valence-electron chi connectivity index (χ2n) is 9.69. The van der Waals surface area contributed by atoms with Crippen LogP contribution in [0.4, 0.5) is 5.69 Å². The third-order valence-corrected chi connectivity index (χ3v) is 8.40. The van der Waals surface area contributed by atoms with Crippen LogP contribution in [0.3, 0.4) is 0 Å². The molecular formula is C28H30N4O5S. The summed E-state index contributed by atoms with van der Waals surface area (Å²) in [6.45, 7) is 4.34. The first kappa shape index (κ1) is 25.9. The zero-order chi connectivity index (χ0) is 26.8. The monoisotopic (exact) mass is 534 g/mol. The molecule has 2 amide bonds. The van der Waals surface area contributed by atoms with Crippen molar-refractivity contribution in [2.45, 2.75) is 25.4 Å². The van der Waals surface area contributed by atoms with Gasteiger partial charge in [-0.25, -0.2) is 0 Å². The zero-order valence-electron chi connectivity index (χ0n) is 21.4. The Labute approximate surface area is 225 Å². The van der Waals surface area contributed by atoms with Gasteiger partial charge in [0.15, 0.2) is 0 Å². The summed E-state index contributed by atoms with van der Waals surface area (Å²) < 4.78 is 5.33. The molecule has 3 aromatic rings. The molecule has 2 aromatic carbocycles. The highest BCUT2D eigenvalue weighted by Crippen LogP contribution is 2.38. The Hall–Kier alpha value is -3.76. The second kappa shape index (κ2) is 10.9. The van der Waals surface area contributed by atoms with Gasteiger partial charge < -0.3 is 14.5 Å². The summed E-state index contributed by atoms with van der Waals surface area (Å²) in [5.41, 5.74) is 2.74. The maximum absolute atomic E-state index is 13.5. The van der Waals surface area contributed by atoms with E-state index in [-0.39, 0.29) is 29.6 Å². The lowest BCUT2D eigenvalue weighted by Crippen LogP contribution is -2.57. The molecule has 1 fully saturated rings. The van der Waals surface area contributed by atoms with E-state index in [1.807, 2.05) is 24.0 Å². The molecule has 2 atom stereocenters. The predicted molar refractivity (Wildman–Crippen MR) is 145 cm³/mol. The van der Waals surface area contributed by atoms with Crippen molar-refractivity contribution in [3.8, 4) is 5.75 Å². The number of nitro benzene ring substituents is 1. The van der Waals surface area contributed by atoms with Crippen molar-refractivity contribution in [3.05, 3.63) is 91.7 Å². The van der Waals surface area contributed by atoms with Crippen LogP contribution < -0.4 is 4.74 Å². The first-order valence-electron chi connectivity index (χ1n) is 12.6. The zero-order valence-corrected chi connectivity index (χ0v) is 22.2. The first-order valence-corrected chi connectivity index (χ1v) is 13.5. The highest BCUT2D eigenvalue weighted by Gasteiger charge is 2.34. The number of nitrogens with zero attached hydrogens (tertiary/aromatic N) is 4. The molecular weight excluding hydrogens is 504 g/mol. The number of piperazine rings is 1. The van der Waals surface area contributed by atoms with Crippen LogP contribution in [0.2, 0.25) is 0 Å². The van der Waals surface area contributed by atoms with Gasteiger partial charge in [0.05, 0.1) is 24.6 Å². The quantitative estimate of drug-likeness (QED) is 0.351. The van der Waals surface area contributed by atoms with Crippen LogP contribution in [-0.4, -0.2) is 77.3 Å². The number of carbonyl (C=O) groups is 2. The number of fused-ring (bicyclic) bond motifs is 1. The molecule has 0 N–H and O–H groups in total. The molecule has 9 nitrogen and oxygen atoms in total. The lowest BCUT2D eigenvalue weighted by Gasteiger charge is -2.42. The number of ether oxygens (including phenoxy) is 1. The molecule has 3 heterocycles. The standard InChI is InChI=1S/C28H30N4O5S/c1-19-17-29(14-15-31(19)28(34)21-3-7-22(8-4-21)32(35)36)26(33)18-30-13-11-25-24(12-16-38-25)27(30)20-5-9-23(37-2)10-6-20/h3-10,12,16,19,27H,11,13-15,17-18H2,1-2H3/t19-,27-/m1/s1. The number of nitro groups is 1. The molecule has 38 heavy (non-hydrogen) atoms. The molecule has 0 radical (unpaired) electrons. The van der Waals surface area contributed by atoms with E-state index in [9.17, 15) is 19.7 Å². The Bertz CT molecular complexity index is 1320. The van der Waals surface area contributed by atoms with Crippen LogP contribution in [0.15, 0.2) is 60.0 Å². The number of hydrogen-bond donors (Lipinski definition) is 0. The molecule has 0 unspecified atom stereocenters. The maximum atomic E-state index is 13.5. The smallest absolute Gasteiger partial charge is 0.269 e. The highest BCUT2D eigenvalue weighted by atomic mass is 32.1. The average Bonchev–Trinajstić information content (AvgIpc) is 3.41. The van der Waals surface area contributed by atoms with Crippen molar-refractivity contribution in [1.82, 2.24) is 14.7 Å². The third-order valence-electron chi connectivity index (χ3n) is 7.40. The lowest BCUT2D eigenvalue weighted by molar-refractivity contribution is -0.384. The summed E-state index contributed by atoms with van der Waals surface area (Å²) in [7, 11) is 1.65. The minimum atomic E-state index is -0.484. The summed E-state index contributed by atoms with van der Waals surface area (Å²) in [6, 6.07) is 15.7. The normalized spacial score (nSPS) is 19.6. The summed E-state index contributed by atoms with van der Waals surface area (Å²) in [6.07, 6.45) is 0.918. The molecule has 0 bridgehead atoms. The molecule has 2 aliphatic rings. The number of non-ortho nitro benzene ring substituents is 1. The van der Waals surface area contributed by atoms with E-state index in [4.69, 9.17) is 4.74 Å². The molecule has 2 aliphatic heterocycles. The van der Waals surface area contributed by atoms with Crippen LogP contribution in [0.1, 0.15) is 39.3 Å². The molecule has 1 saturated heterocycles. The lowest BCUT2D eigenvalue weighted by atomic mass is 9.93. The van der Waals surface area contributed by atoms with Crippen molar-refractivity contribution in [2.75, 3.05) is 39.8 Å². The van der Waals surface area contributed by atoms with Gasteiger partial charge in [0, 0.05) is 54.8 Å². The van der Waals surface area contributed by atoms with E-state index in [0.29, 0.717) is 31.7 Å². The Kier molecular flexibility index (Phi) is 7.44. The molecule has 10 heteroatoms. The fraction of sp³-hybridized carbons (Fsp3) is 0.357. The number of methoxy groups -OCH3 is 1. The van der Waals surface area contributed by atoms with E-state index in [1.165, 1.54) is 34.7 Å². The van der Waals surface area contributed by atoms with Crippen LogP contribution in [0.25, 0.3) is 0 Å². The maximum Gasteiger partial charge on any atom is 0.269 e. The average molecular weight is 535 g/mol. The minimum absolute atomic E-state index is 0.00211. The summed E-state index contributed by atoms with van der Waals surface area (Å²) in [5.74, 6) is 0.671. The van der Waals surface area contributed by atoms with Crippen molar-refractivity contribution < 1.29 is 19.2 Å². The highest BCUT2D eigenvalue weighted by molar-refractivity contribution is 7.10. The topological polar surface area (TPSA) is 96.2 Å². The molecule has 1 aromatic heterocycles. The molecule has 0 spiro atoms. The van der Waals surface area contributed by atoms with Crippen molar-refractivity contribution in [2.24, 2.45) is 0 Å². The first-order chi connectivity index (χ1) is 18.4. The van der Waals surface area contributed by atoms with Crippen molar-refractivity contribution in [3.63, 3.8) is 0 Å². The van der Waals surface area contributed by atoms with Gasteiger partial charge in [0.25, 0.3) is 11.6 Å². The molecule has 5 rings (SSSR count). The van der Waals surface area contributed by atoms with E-state index in [2.05, 4.69) is 28.5 Å². The van der Waals surface area contributed by atoms with Gasteiger partial charge in [-0.1, -0.05) is 12.1 Å². The predicted octanol–water partition coefficient (Wildman–Crippen LogP) is 3.99.